The van der Waals surface area contributed by atoms with Crippen molar-refractivity contribution in [2.24, 2.45) is 0 Å². The number of fused-ring (bicyclic) bond motifs is 1. The molecule has 0 aliphatic heterocycles. The second kappa shape index (κ2) is 10.8. The highest BCUT2D eigenvalue weighted by molar-refractivity contribution is 7.89. The number of unbranched alkanes of at least 4 members (excludes halogenated alkanes) is 4. The third kappa shape index (κ3) is 5.89. The summed E-state index contributed by atoms with van der Waals surface area (Å²) in [4.78, 5) is 12.4. The van der Waals surface area contributed by atoms with Crippen LogP contribution >= 0.6 is 7.60 Å². The van der Waals surface area contributed by atoms with Gasteiger partial charge in [-0.1, -0.05) is 63.8 Å². The Morgan fingerprint density at radius 3 is 2.10 bits per heavy atom. The van der Waals surface area contributed by atoms with Gasteiger partial charge >= 0.3 is 7.60 Å². The maximum absolute atomic E-state index is 14.2. The van der Waals surface area contributed by atoms with Crippen LogP contribution < -0.4 is 4.72 Å². The van der Waals surface area contributed by atoms with Crippen molar-refractivity contribution in [3.8, 4) is 0 Å². The number of sulfonamides is 1. The quantitative estimate of drug-likeness (QED) is 0.339. The molecule has 0 heterocycles. The summed E-state index contributed by atoms with van der Waals surface area (Å²) in [6, 6.07) is 6.52. The van der Waals surface area contributed by atoms with Crippen molar-refractivity contribution < 1.29 is 26.8 Å². The van der Waals surface area contributed by atoms with E-state index in [4.69, 9.17) is 9.05 Å². The predicted octanol–water partition coefficient (Wildman–Crippen LogP) is 4.75. The first-order valence-electron chi connectivity index (χ1n) is 10.4. The van der Waals surface area contributed by atoms with Gasteiger partial charge in [0, 0.05) is 11.1 Å². The standard InChI is InChI=1S/C21H32NO6PS/c1-4-6-10-16-27-29(24,28-17-11-7-5-2)21(22-30(3,25)26)15-14-20(23)18-12-8-9-13-19(18)21/h8-9,12-15,22H,4-7,10-11,16-17H2,1-3H3. The van der Waals surface area contributed by atoms with E-state index in [1.165, 1.54) is 12.2 Å². The zero-order chi connectivity index (χ0) is 22.3. The summed E-state index contributed by atoms with van der Waals surface area (Å²) in [6.07, 6.45) is 8.54. The molecule has 1 N–H and O–H groups in total. The first-order chi connectivity index (χ1) is 14.2. The fourth-order valence-corrected chi connectivity index (χ4v) is 7.04. The lowest BCUT2D eigenvalue weighted by atomic mass is 9.92. The van der Waals surface area contributed by atoms with Crippen LogP contribution in [0.2, 0.25) is 0 Å². The largest absolute Gasteiger partial charge is 0.360 e. The molecule has 0 amide bonds. The van der Waals surface area contributed by atoms with E-state index in [0.29, 0.717) is 12.8 Å². The van der Waals surface area contributed by atoms with Crippen molar-refractivity contribution in [2.75, 3.05) is 19.5 Å². The molecule has 168 valence electrons. The minimum absolute atomic E-state index is 0.163. The summed E-state index contributed by atoms with van der Waals surface area (Å²) in [7, 11) is -7.93. The van der Waals surface area contributed by atoms with Gasteiger partial charge in [0.15, 0.2) is 11.1 Å². The summed E-state index contributed by atoms with van der Waals surface area (Å²) in [5.74, 6) is -0.292. The minimum atomic E-state index is -4.09. The van der Waals surface area contributed by atoms with Gasteiger partial charge in [-0.3, -0.25) is 9.36 Å². The summed E-state index contributed by atoms with van der Waals surface area (Å²) >= 11 is 0. The van der Waals surface area contributed by atoms with Crippen LogP contribution in [-0.4, -0.2) is 33.7 Å². The molecule has 9 heteroatoms. The molecule has 1 aliphatic rings. The van der Waals surface area contributed by atoms with Crippen LogP contribution in [0.25, 0.3) is 0 Å². The van der Waals surface area contributed by atoms with Crippen molar-refractivity contribution in [3.05, 3.63) is 47.5 Å². The van der Waals surface area contributed by atoms with Crippen LogP contribution in [0.4, 0.5) is 0 Å². The number of hydrogen-bond donors (Lipinski definition) is 1. The number of ketones is 1. The van der Waals surface area contributed by atoms with E-state index in [-0.39, 0.29) is 30.1 Å². The molecule has 1 atom stereocenters. The highest BCUT2D eigenvalue weighted by Crippen LogP contribution is 2.66. The van der Waals surface area contributed by atoms with Gasteiger partial charge in [-0.05, 0) is 25.0 Å². The molecule has 0 radical (unpaired) electrons. The number of rotatable bonds is 13. The average Bonchev–Trinajstić information content (AvgIpc) is 2.70. The Morgan fingerprint density at radius 1 is 1.00 bits per heavy atom. The molecule has 30 heavy (non-hydrogen) atoms. The summed E-state index contributed by atoms with van der Waals surface area (Å²) < 4.78 is 53.1. The van der Waals surface area contributed by atoms with E-state index < -0.39 is 22.9 Å². The van der Waals surface area contributed by atoms with E-state index in [1.807, 2.05) is 13.8 Å². The third-order valence-electron chi connectivity index (χ3n) is 4.87. The van der Waals surface area contributed by atoms with Gasteiger partial charge in [0.05, 0.1) is 19.5 Å². The normalized spacial score (nSPS) is 19.1. The first-order valence-corrected chi connectivity index (χ1v) is 13.8. The zero-order valence-electron chi connectivity index (χ0n) is 17.9. The Kier molecular flexibility index (Phi) is 9.00. The molecule has 7 nitrogen and oxygen atoms in total. The Hall–Kier alpha value is -1.31. The number of carbonyl (C=O) groups excluding carboxylic acids is 1. The van der Waals surface area contributed by atoms with Crippen molar-refractivity contribution in [1.82, 2.24) is 4.72 Å². The van der Waals surface area contributed by atoms with Gasteiger partial charge in [-0.2, -0.15) is 4.72 Å². The Labute approximate surface area is 179 Å². The molecular weight excluding hydrogens is 425 g/mol. The highest BCUT2D eigenvalue weighted by atomic mass is 32.2. The van der Waals surface area contributed by atoms with Gasteiger partial charge in [0.25, 0.3) is 0 Å². The molecule has 1 unspecified atom stereocenters. The molecular formula is C21H32NO6PS. The highest BCUT2D eigenvalue weighted by Gasteiger charge is 2.55. The van der Waals surface area contributed by atoms with Crippen LogP contribution in [0.5, 0.6) is 0 Å². The zero-order valence-corrected chi connectivity index (χ0v) is 19.6. The van der Waals surface area contributed by atoms with E-state index in [1.54, 1.807) is 24.3 Å². The van der Waals surface area contributed by atoms with Crippen LogP contribution in [0, 0.1) is 0 Å². The van der Waals surface area contributed by atoms with Crippen LogP contribution in [0.15, 0.2) is 36.4 Å². The summed E-state index contributed by atoms with van der Waals surface area (Å²) in [5, 5.41) is -1.80. The lowest BCUT2D eigenvalue weighted by Gasteiger charge is -2.39. The monoisotopic (exact) mass is 457 g/mol. The van der Waals surface area contributed by atoms with Gasteiger partial charge in [-0.25, -0.2) is 8.42 Å². The molecule has 1 aliphatic carbocycles. The number of carbonyl (C=O) groups is 1. The Balaban J connectivity index is 2.57. The lowest BCUT2D eigenvalue weighted by molar-refractivity contribution is 0.104. The molecule has 0 saturated heterocycles. The molecule has 0 saturated carbocycles. The van der Waals surface area contributed by atoms with E-state index in [0.717, 1.165) is 31.9 Å². The fraction of sp³-hybridized carbons (Fsp3) is 0.571. The fourth-order valence-electron chi connectivity index (χ4n) is 3.39. The molecule has 0 aromatic heterocycles. The second-order valence-electron chi connectivity index (χ2n) is 7.46. The van der Waals surface area contributed by atoms with Crippen molar-refractivity contribution >= 4 is 23.4 Å². The van der Waals surface area contributed by atoms with Crippen LogP contribution in [0.1, 0.15) is 68.3 Å². The number of hydrogen-bond acceptors (Lipinski definition) is 6. The Bertz CT molecular complexity index is 898. The van der Waals surface area contributed by atoms with Crippen LogP contribution in [-0.2, 0) is 28.9 Å². The summed E-state index contributed by atoms with van der Waals surface area (Å²) in [6.45, 7) is 4.41. The van der Waals surface area contributed by atoms with Crippen molar-refractivity contribution in [1.29, 1.82) is 0 Å². The van der Waals surface area contributed by atoms with Gasteiger partial charge in [-0.15, -0.1) is 0 Å². The maximum Gasteiger partial charge on any atom is 0.360 e. The maximum atomic E-state index is 14.2. The van der Waals surface area contributed by atoms with E-state index >= 15 is 0 Å². The predicted molar refractivity (Wildman–Crippen MR) is 118 cm³/mol. The minimum Gasteiger partial charge on any atom is -0.307 e. The first kappa shape index (κ1) is 25.0. The molecule has 1 aromatic rings. The molecule has 0 spiro atoms. The second-order valence-corrected chi connectivity index (χ2v) is 11.4. The average molecular weight is 458 g/mol. The van der Waals surface area contributed by atoms with Gasteiger partial charge < -0.3 is 9.05 Å². The smallest absolute Gasteiger partial charge is 0.307 e. The van der Waals surface area contributed by atoms with Crippen molar-refractivity contribution in [3.63, 3.8) is 0 Å². The molecule has 0 fully saturated rings. The van der Waals surface area contributed by atoms with E-state index in [9.17, 15) is 17.8 Å². The van der Waals surface area contributed by atoms with Gasteiger partial charge in [0.1, 0.15) is 0 Å². The molecule has 1 aromatic carbocycles. The number of benzene rings is 1. The number of nitrogens with one attached hydrogen (secondary N) is 1. The lowest BCUT2D eigenvalue weighted by Crippen LogP contribution is -2.47. The Morgan fingerprint density at radius 2 is 1.57 bits per heavy atom. The summed E-state index contributed by atoms with van der Waals surface area (Å²) in [5.41, 5.74) is 0.544. The molecule has 2 rings (SSSR count). The topological polar surface area (TPSA) is 98.8 Å². The molecule has 0 bridgehead atoms. The SMILES string of the molecule is CCCCCOP(=O)(OCCCCC)C1(NS(C)(=O)=O)C=CC(=O)c2ccccc21. The van der Waals surface area contributed by atoms with Crippen molar-refractivity contribution in [2.45, 2.75) is 57.7 Å². The van der Waals surface area contributed by atoms with Crippen LogP contribution in [0.3, 0.4) is 0 Å². The number of allylic oxidation sites excluding steroid dienone is 1. The van der Waals surface area contributed by atoms with Gasteiger partial charge in [0.2, 0.25) is 10.0 Å². The third-order valence-corrected chi connectivity index (χ3v) is 8.13. The van der Waals surface area contributed by atoms with E-state index in [2.05, 4.69) is 4.72 Å².